The lowest BCUT2D eigenvalue weighted by atomic mass is 9.91. The summed E-state index contributed by atoms with van der Waals surface area (Å²) in [5.41, 5.74) is 0. The first-order valence-corrected chi connectivity index (χ1v) is 11.6. The normalized spacial score (nSPS) is 33.7. The summed E-state index contributed by atoms with van der Waals surface area (Å²) in [6.07, 6.45) is 1.64. The molecule has 0 aromatic rings. The summed E-state index contributed by atoms with van der Waals surface area (Å²) in [5, 5.41) is 6.52. The molecule has 0 aromatic carbocycles. The highest BCUT2D eigenvalue weighted by Gasteiger charge is 2.45. The van der Waals surface area contributed by atoms with Gasteiger partial charge in [0.2, 0.25) is 0 Å². The second-order valence-corrected chi connectivity index (χ2v) is 9.72. The van der Waals surface area contributed by atoms with E-state index in [1.807, 2.05) is 27.7 Å². The number of nitrogens with one attached hydrogen (secondary N) is 2. The van der Waals surface area contributed by atoms with E-state index in [9.17, 15) is 14.4 Å². The number of Topliss-reactive ketones (excluding diaryl/α,β-unsaturated/α-hetero) is 3. The van der Waals surface area contributed by atoms with Crippen LogP contribution in [0.2, 0.25) is 0 Å². The third kappa shape index (κ3) is 5.96. The molecule has 7 unspecified atom stereocenters. The summed E-state index contributed by atoms with van der Waals surface area (Å²) >= 11 is 0. The van der Waals surface area contributed by atoms with Gasteiger partial charge in [-0.3, -0.25) is 14.4 Å². The lowest BCUT2D eigenvalue weighted by Crippen LogP contribution is -2.52. The molecule has 0 aromatic heterocycles. The average molecular weight is 423 g/mol. The molecule has 0 amide bonds. The quantitative estimate of drug-likeness (QED) is 0.549. The second-order valence-electron chi connectivity index (χ2n) is 9.72. The first kappa shape index (κ1) is 23.5. The Morgan fingerprint density at radius 1 is 0.967 bits per heavy atom. The van der Waals surface area contributed by atoms with Gasteiger partial charge in [0.05, 0.1) is 25.4 Å². The Kier molecular flexibility index (Phi) is 8.18. The van der Waals surface area contributed by atoms with E-state index in [4.69, 9.17) is 9.47 Å². The van der Waals surface area contributed by atoms with E-state index < -0.39 is 6.10 Å². The molecular weight excluding hydrogens is 384 g/mol. The molecule has 1 saturated carbocycles. The lowest BCUT2D eigenvalue weighted by Gasteiger charge is -2.33. The van der Waals surface area contributed by atoms with Crippen molar-refractivity contribution in [3.05, 3.63) is 0 Å². The fourth-order valence-corrected chi connectivity index (χ4v) is 4.78. The molecule has 0 bridgehead atoms. The summed E-state index contributed by atoms with van der Waals surface area (Å²) in [6.45, 7) is 10.7. The molecule has 2 N–H and O–H groups in total. The fraction of sp³-hybridized carbons (Fsp3) is 0.870. The lowest BCUT2D eigenvalue weighted by molar-refractivity contribution is -0.143. The Hall–Kier alpha value is -1.15. The van der Waals surface area contributed by atoms with Crippen LogP contribution in [0.5, 0.6) is 0 Å². The molecule has 0 spiro atoms. The van der Waals surface area contributed by atoms with Gasteiger partial charge in [-0.15, -0.1) is 0 Å². The number of ether oxygens (including phenoxy) is 2. The third-order valence-electron chi connectivity index (χ3n) is 6.74. The molecule has 7 nitrogen and oxygen atoms in total. The zero-order valence-electron chi connectivity index (χ0n) is 18.8. The van der Waals surface area contributed by atoms with Gasteiger partial charge in [0.25, 0.3) is 0 Å². The number of hydrogen-bond donors (Lipinski definition) is 2. The first-order chi connectivity index (χ1) is 14.3. The van der Waals surface area contributed by atoms with Gasteiger partial charge in [0.15, 0.2) is 11.6 Å². The Morgan fingerprint density at radius 2 is 1.70 bits per heavy atom. The van der Waals surface area contributed by atoms with E-state index in [1.54, 1.807) is 0 Å². The molecule has 170 valence electrons. The monoisotopic (exact) mass is 422 g/mol. The number of ketones is 3. The minimum atomic E-state index is -0.477. The van der Waals surface area contributed by atoms with Gasteiger partial charge in [-0.05, 0) is 25.2 Å². The second kappa shape index (κ2) is 10.4. The predicted octanol–water partition coefficient (Wildman–Crippen LogP) is 1.38. The van der Waals surface area contributed by atoms with Crippen molar-refractivity contribution in [1.82, 2.24) is 10.6 Å². The van der Waals surface area contributed by atoms with Crippen molar-refractivity contribution in [1.29, 1.82) is 0 Å². The molecule has 2 heterocycles. The van der Waals surface area contributed by atoms with Crippen LogP contribution < -0.4 is 10.6 Å². The first-order valence-electron chi connectivity index (χ1n) is 11.6. The maximum atomic E-state index is 12.9. The highest BCUT2D eigenvalue weighted by atomic mass is 16.5. The van der Waals surface area contributed by atoms with Crippen LogP contribution in [0.3, 0.4) is 0 Å². The molecule has 0 radical (unpaired) electrons. The molecule has 3 aliphatic rings. The van der Waals surface area contributed by atoms with Gasteiger partial charge in [-0.25, -0.2) is 0 Å². The number of hydrogen-bond acceptors (Lipinski definition) is 7. The summed E-state index contributed by atoms with van der Waals surface area (Å²) in [5.74, 6) is 0.858. The number of carbonyl (C=O) groups is 3. The van der Waals surface area contributed by atoms with Crippen LogP contribution in [0.15, 0.2) is 0 Å². The minimum Gasteiger partial charge on any atom is -0.378 e. The van der Waals surface area contributed by atoms with Crippen molar-refractivity contribution in [3.8, 4) is 0 Å². The van der Waals surface area contributed by atoms with Crippen LogP contribution in [0, 0.1) is 29.6 Å². The van der Waals surface area contributed by atoms with Crippen molar-refractivity contribution in [2.45, 2.75) is 65.2 Å². The Balaban J connectivity index is 1.45. The standard InChI is InChI=1S/C23H38N2O5/c1-13(2)21(26)18-9-16(18)7-14(3)23(28)20-11-24-10-17(30-20)8-15(4)22(27)19-12-29-6-5-25-19/h13-20,24-25H,5-12H2,1-4H3. The SMILES string of the molecule is CC(C)C(=O)C1CC1CC(C)C(=O)C1CNCC(CC(C)C(=O)C2COCCN2)O1. The van der Waals surface area contributed by atoms with Crippen LogP contribution in [0.1, 0.15) is 47.0 Å². The van der Waals surface area contributed by atoms with E-state index in [0.717, 1.165) is 12.8 Å². The van der Waals surface area contributed by atoms with Crippen LogP contribution >= 0.6 is 0 Å². The number of carbonyl (C=O) groups excluding carboxylic acids is 3. The number of rotatable bonds is 10. The van der Waals surface area contributed by atoms with Crippen molar-refractivity contribution in [3.63, 3.8) is 0 Å². The maximum Gasteiger partial charge on any atom is 0.165 e. The Morgan fingerprint density at radius 3 is 2.37 bits per heavy atom. The van der Waals surface area contributed by atoms with Crippen molar-refractivity contribution >= 4 is 17.3 Å². The van der Waals surface area contributed by atoms with Gasteiger partial charge in [-0.2, -0.15) is 0 Å². The molecule has 3 rings (SSSR count). The van der Waals surface area contributed by atoms with E-state index in [-0.39, 0.29) is 47.4 Å². The summed E-state index contributed by atoms with van der Waals surface area (Å²) in [7, 11) is 0. The van der Waals surface area contributed by atoms with E-state index >= 15 is 0 Å². The Bertz CT molecular complexity index is 631. The topological polar surface area (TPSA) is 93.7 Å². The van der Waals surface area contributed by atoms with E-state index in [0.29, 0.717) is 51.0 Å². The Labute approximate surface area is 180 Å². The van der Waals surface area contributed by atoms with Crippen molar-refractivity contribution < 1.29 is 23.9 Å². The molecule has 2 saturated heterocycles. The molecule has 2 aliphatic heterocycles. The van der Waals surface area contributed by atoms with Crippen LogP contribution in [0.25, 0.3) is 0 Å². The molecule has 7 heteroatoms. The van der Waals surface area contributed by atoms with Gasteiger partial charge >= 0.3 is 0 Å². The largest absolute Gasteiger partial charge is 0.378 e. The predicted molar refractivity (Wildman–Crippen MR) is 113 cm³/mol. The van der Waals surface area contributed by atoms with Crippen molar-refractivity contribution in [2.24, 2.45) is 29.6 Å². The van der Waals surface area contributed by atoms with Crippen molar-refractivity contribution in [2.75, 3.05) is 32.8 Å². The van der Waals surface area contributed by atoms with Gasteiger partial charge in [0, 0.05) is 43.3 Å². The number of morpholine rings is 2. The summed E-state index contributed by atoms with van der Waals surface area (Å²) in [4.78, 5) is 37.7. The molecule has 30 heavy (non-hydrogen) atoms. The van der Waals surface area contributed by atoms with Gasteiger partial charge in [-0.1, -0.05) is 27.7 Å². The van der Waals surface area contributed by atoms with Gasteiger partial charge in [0.1, 0.15) is 11.9 Å². The van der Waals surface area contributed by atoms with Crippen LogP contribution in [-0.2, 0) is 23.9 Å². The minimum absolute atomic E-state index is 0.0673. The molecular formula is C23H38N2O5. The smallest absolute Gasteiger partial charge is 0.165 e. The van der Waals surface area contributed by atoms with E-state index in [1.165, 1.54) is 0 Å². The molecule has 1 aliphatic carbocycles. The van der Waals surface area contributed by atoms with Gasteiger partial charge < -0.3 is 20.1 Å². The maximum absolute atomic E-state index is 12.9. The van der Waals surface area contributed by atoms with Crippen LogP contribution in [0.4, 0.5) is 0 Å². The summed E-state index contributed by atoms with van der Waals surface area (Å²) in [6, 6.07) is -0.247. The fourth-order valence-electron chi connectivity index (χ4n) is 4.78. The highest BCUT2D eigenvalue weighted by molar-refractivity contribution is 5.87. The zero-order chi connectivity index (χ0) is 21.8. The van der Waals surface area contributed by atoms with Crippen LogP contribution in [-0.4, -0.2) is 68.4 Å². The molecule has 7 atom stereocenters. The average Bonchev–Trinajstić information content (AvgIpc) is 3.51. The molecule has 3 fully saturated rings. The third-order valence-corrected chi connectivity index (χ3v) is 6.74. The zero-order valence-corrected chi connectivity index (χ0v) is 18.8. The summed E-state index contributed by atoms with van der Waals surface area (Å²) < 4.78 is 11.5. The highest BCUT2D eigenvalue weighted by Crippen LogP contribution is 2.45. The van der Waals surface area contributed by atoms with E-state index in [2.05, 4.69) is 10.6 Å².